The summed E-state index contributed by atoms with van der Waals surface area (Å²) in [4.78, 5) is 42.3. The normalized spacial score (nSPS) is 22.8. The van der Waals surface area contributed by atoms with E-state index in [9.17, 15) is 23.2 Å². The molecule has 4 rings (SSSR count). The largest absolute Gasteiger partial charge is 0.327 e. The van der Waals surface area contributed by atoms with Crippen LogP contribution >= 0.6 is 11.3 Å². The predicted molar refractivity (Wildman–Crippen MR) is 105 cm³/mol. The van der Waals surface area contributed by atoms with Gasteiger partial charge in [-0.25, -0.2) is 4.98 Å². The van der Waals surface area contributed by atoms with Gasteiger partial charge in [0.05, 0.1) is 10.2 Å². The smallest absolute Gasteiger partial charge is 0.325 e. The van der Waals surface area contributed by atoms with Crippen LogP contribution in [0.15, 0.2) is 24.3 Å². The van der Waals surface area contributed by atoms with E-state index in [1.807, 2.05) is 24.3 Å². The zero-order valence-electron chi connectivity index (χ0n) is 15.7. The van der Waals surface area contributed by atoms with Crippen LogP contribution < -0.4 is 5.32 Å². The number of amides is 2. The number of nitrogens with one attached hydrogen (secondary N) is 1. The molecule has 2 aromatic rings. The molecule has 2 atom stereocenters. The van der Waals surface area contributed by atoms with Crippen LogP contribution in [0.2, 0.25) is 0 Å². The average molecular weight is 421 g/mol. The minimum Gasteiger partial charge on any atom is -0.325 e. The summed E-state index contributed by atoms with van der Waals surface area (Å²) in [6.45, 7) is 0.104. The number of aromatic nitrogens is 1. The summed E-state index contributed by atoms with van der Waals surface area (Å²) in [5, 5.41) is 3.05. The van der Waals surface area contributed by atoms with Crippen LogP contribution in [0.1, 0.15) is 38.5 Å². The lowest BCUT2D eigenvalue weighted by molar-refractivity contribution is -0.170. The van der Waals surface area contributed by atoms with Crippen LogP contribution in [-0.4, -0.2) is 46.0 Å². The van der Waals surface area contributed by atoms with Gasteiger partial charge in [-0.15, -0.1) is 0 Å². The Hall–Kier alpha value is -2.42. The van der Waals surface area contributed by atoms with Crippen LogP contribution in [0, 0.1) is 5.92 Å². The van der Waals surface area contributed by atoms with Gasteiger partial charge in [0.2, 0.25) is 5.91 Å². The number of alkyl halides is 2. The number of benzene rings is 1. The second-order valence-electron chi connectivity index (χ2n) is 7.59. The monoisotopic (exact) mass is 421 g/mol. The van der Waals surface area contributed by atoms with Crippen molar-refractivity contribution in [1.29, 1.82) is 0 Å². The highest BCUT2D eigenvalue weighted by molar-refractivity contribution is 7.22. The van der Waals surface area contributed by atoms with E-state index < -0.39 is 29.7 Å². The number of hydrogen-bond acceptors (Lipinski definition) is 5. The van der Waals surface area contributed by atoms with E-state index in [0.29, 0.717) is 24.4 Å². The molecule has 29 heavy (non-hydrogen) atoms. The number of hydrogen-bond donors (Lipinski definition) is 1. The van der Waals surface area contributed by atoms with Gasteiger partial charge in [0.25, 0.3) is 5.91 Å². The highest BCUT2D eigenvalue weighted by Crippen LogP contribution is 2.38. The van der Waals surface area contributed by atoms with Crippen molar-refractivity contribution in [3.05, 3.63) is 24.3 Å². The summed E-state index contributed by atoms with van der Waals surface area (Å²) in [5.74, 6) is -7.02. The Balaban J connectivity index is 1.48. The van der Waals surface area contributed by atoms with Crippen molar-refractivity contribution >= 4 is 44.3 Å². The topological polar surface area (TPSA) is 79.4 Å². The van der Waals surface area contributed by atoms with Gasteiger partial charge >= 0.3 is 5.92 Å². The minimum absolute atomic E-state index is 0.104. The third kappa shape index (κ3) is 3.88. The van der Waals surface area contributed by atoms with Crippen molar-refractivity contribution in [2.24, 2.45) is 5.92 Å². The van der Waals surface area contributed by atoms with E-state index >= 15 is 0 Å². The van der Waals surface area contributed by atoms with Crippen molar-refractivity contribution in [3.63, 3.8) is 0 Å². The summed E-state index contributed by atoms with van der Waals surface area (Å²) in [7, 11) is 0. The minimum atomic E-state index is -3.64. The first kappa shape index (κ1) is 19.9. The van der Waals surface area contributed by atoms with Crippen molar-refractivity contribution in [2.75, 3.05) is 11.9 Å². The van der Waals surface area contributed by atoms with Gasteiger partial charge in [-0.2, -0.15) is 8.78 Å². The molecule has 6 nitrogen and oxygen atoms in total. The van der Waals surface area contributed by atoms with Gasteiger partial charge in [-0.05, 0) is 37.8 Å². The van der Waals surface area contributed by atoms with Crippen molar-refractivity contribution < 1.29 is 23.2 Å². The number of rotatable bonds is 4. The molecule has 0 bridgehead atoms. The first-order chi connectivity index (χ1) is 13.9. The van der Waals surface area contributed by atoms with Crippen LogP contribution in [0.25, 0.3) is 10.2 Å². The third-order valence-corrected chi connectivity index (χ3v) is 6.57. The molecule has 9 heteroatoms. The Morgan fingerprint density at radius 2 is 2.00 bits per heavy atom. The Morgan fingerprint density at radius 1 is 1.21 bits per heavy atom. The molecular formula is C20H21F2N3O3S. The van der Waals surface area contributed by atoms with Crippen LogP contribution in [0.4, 0.5) is 13.9 Å². The fraction of sp³-hybridized carbons (Fsp3) is 0.500. The van der Waals surface area contributed by atoms with Crippen LogP contribution in [0.5, 0.6) is 0 Å². The lowest BCUT2D eigenvalue weighted by Gasteiger charge is -2.33. The van der Waals surface area contributed by atoms with E-state index in [2.05, 4.69) is 10.3 Å². The zero-order valence-corrected chi connectivity index (χ0v) is 16.5. The summed E-state index contributed by atoms with van der Waals surface area (Å²) >= 11 is 1.29. The zero-order chi connectivity index (χ0) is 20.6. The van der Waals surface area contributed by atoms with E-state index in [4.69, 9.17) is 0 Å². The first-order valence-electron chi connectivity index (χ1n) is 9.73. The summed E-state index contributed by atoms with van der Waals surface area (Å²) in [5.41, 5.74) is 0.737. The molecule has 1 aromatic carbocycles. The summed E-state index contributed by atoms with van der Waals surface area (Å²) in [6, 6.07) is 6.43. The maximum Gasteiger partial charge on any atom is 0.327 e. The Labute approximate surface area is 170 Å². The molecule has 1 aromatic heterocycles. The molecule has 2 fully saturated rings. The fourth-order valence-corrected chi connectivity index (χ4v) is 4.97. The van der Waals surface area contributed by atoms with Gasteiger partial charge in [0.15, 0.2) is 5.13 Å². The number of halogens is 2. The molecule has 154 valence electrons. The van der Waals surface area contributed by atoms with E-state index in [0.717, 1.165) is 15.1 Å². The van der Waals surface area contributed by atoms with Gasteiger partial charge in [0, 0.05) is 25.3 Å². The molecule has 2 unspecified atom stereocenters. The molecule has 1 aliphatic carbocycles. The van der Waals surface area contributed by atoms with Gasteiger partial charge in [0.1, 0.15) is 11.8 Å². The lowest BCUT2D eigenvalue weighted by Crippen LogP contribution is -2.53. The maximum atomic E-state index is 14.8. The standard InChI is InChI=1S/C20H21F2N3O3S/c21-20(22,12-5-3-6-13(26)11-12)18(28)25-10-4-8-15(25)17(27)24-19-23-14-7-1-2-9-16(14)29-19/h1-2,7,9,12,15H,3-6,8,10-11H2,(H,23,24,27). The number of fused-ring (bicyclic) bond motifs is 1. The van der Waals surface area contributed by atoms with E-state index in [-0.39, 0.29) is 31.6 Å². The number of nitrogens with zero attached hydrogens (tertiary/aromatic N) is 2. The number of carbonyl (C=O) groups excluding carboxylic acids is 3. The van der Waals surface area contributed by atoms with Crippen LogP contribution in [0.3, 0.4) is 0 Å². The predicted octanol–water partition coefficient (Wildman–Crippen LogP) is 3.62. The third-order valence-electron chi connectivity index (χ3n) is 5.62. The highest BCUT2D eigenvalue weighted by atomic mass is 32.1. The summed E-state index contributed by atoms with van der Waals surface area (Å²) < 4.78 is 30.6. The van der Waals surface area contributed by atoms with Gasteiger partial charge in [-0.1, -0.05) is 23.5 Å². The Morgan fingerprint density at radius 3 is 2.76 bits per heavy atom. The molecule has 1 saturated carbocycles. The van der Waals surface area contributed by atoms with E-state index in [1.54, 1.807) is 0 Å². The number of carbonyl (C=O) groups is 3. The molecule has 1 N–H and O–H groups in total. The van der Waals surface area contributed by atoms with Crippen molar-refractivity contribution in [1.82, 2.24) is 9.88 Å². The molecule has 2 heterocycles. The number of thiazole rings is 1. The molecule has 0 radical (unpaired) electrons. The molecular weight excluding hydrogens is 400 g/mol. The second-order valence-corrected chi connectivity index (χ2v) is 8.62. The van der Waals surface area contributed by atoms with Crippen LogP contribution in [-0.2, 0) is 14.4 Å². The number of likely N-dealkylation sites (tertiary alicyclic amines) is 1. The highest BCUT2D eigenvalue weighted by Gasteiger charge is 2.53. The van der Waals surface area contributed by atoms with Crippen molar-refractivity contribution in [2.45, 2.75) is 50.5 Å². The SMILES string of the molecule is O=C1CCCC(C(F)(F)C(=O)N2CCCC2C(=O)Nc2nc3ccccc3s2)C1. The van der Waals surface area contributed by atoms with E-state index in [1.165, 1.54) is 11.3 Å². The molecule has 2 aliphatic rings. The van der Waals surface area contributed by atoms with Gasteiger partial charge in [-0.3, -0.25) is 14.4 Å². The molecule has 0 spiro atoms. The molecule has 1 aliphatic heterocycles. The molecule has 2 amide bonds. The lowest BCUT2D eigenvalue weighted by atomic mass is 9.83. The second kappa shape index (κ2) is 7.78. The average Bonchev–Trinajstić information content (AvgIpc) is 3.33. The Bertz CT molecular complexity index is 928. The number of Topliss-reactive ketones (excluding diaryl/α,β-unsaturated/α-hetero) is 1. The quantitative estimate of drug-likeness (QED) is 0.818. The first-order valence-corrected chi connectivity index (χ1v) is 10.5. The maximum absolute atomic E-state index is 14.8. The van der Waals surface area contributed by atoms with Crippen molar-refractivity contribution in [3.8, 4) is 0 Å². The molecule has 1 saturated heterocycles. The summed E-state index contributed by atoms with van der Waals surface area (Å²) in [6.07, 6.45) is 1.31. The number of para-hydroxylation sites is 1. The number of anilines is 1. The fourth-order valence-electron chi connectivity index (χ4n) is 4.10. The Kier molecular flexibility index (Phi) is 5.33. The van der Waals surface area contributed by atoms with Gasteiger partial charge < -0.3 is 10.2 Å². The number of ketones is 1.